The Bertz CT molecular complexity index is 716. The van der Waals surface area contributed by atoms with Crippen LogP contribution in [-0.4, -0.2) is 67.1 Å². The highest BCUT2D eigenvalue weighted by Gasteiger charge is 2.36. The minimum atomic E-state index is 0.248. The maximum absolute atomic E-state index is 12.4. The van der Waals surface area contributed by atoms with Crippen LogP contribution < -0.4 is 10.6 Å². The van der Waals surface area contributed by atoms with Gasteiger partial charge in [-0.05, 0) is 95.3 Å². The Kier molecular flexibility index (Phi) is 9.22. The molecule has 1 aromatic carbocycles. The number of piperidine rings is 3. The molecule has 0 spiro atoms. The van der Waals surface area contributed by atoms with Crippen molar-refractivity contribution in [3.05, 3.63) is 35.9 Å². The number of nitrogens with one attached hydrogen (secondary N) is 2. The SMILES string of the molecule is CC(C)N1CCC(CCNC(=O)CCC[C@H]2NCC3CC2CN(Cc2ccccc2)C3)CC1. The Balaban J connectivity index is 1.10. The summed E-state index contributed by atoms with van der Waals surface area (Å²) in [4.78, 5) is 17.6. The maximum Gasteiger partial charge on any atom is 0.219 e. The van der Waals surface area contributed by atoms with E-state index in [1.807, 2.05) is 0 Å². The molecule has 0 radical (unpaired) electrons. The lowest BCUT2D eigenvalue weighted by atomic mass is 9.79. The van der Waals surface area contributed by atoms with Crippen LogP contribution in [0.15, 0.2) is 30.3 Å². The molecule has 3 aliphatic heterocycles. The van der Waals surface area contributed by atoms with E-state index in [0.29, 0.717) is 18.5 Å². The number of fused-ring (bicyclic) bond motifs is 2. The van der Waals surface area contributed by atoms with E-state index in [2.05, 4.69) is 64.6 Å². The topological polar surface area (TPSA) is 47.6 Å². The predicted octanol–water partition coefficient (Wildman–Crippen LogP) is 3.89. The van der Waals surface area contributed by atoms with Crippen molar-refractivity contribution in [2.75, 3.05) is 39.3 Å². The van der Waals surface area contributed by atoms with Crippen molar-refractivity contribution < 1.29 is 4.79 Å². The molecule has 0 aromatic heterocycles. The molecule has 0 aliphatic carbocycles. The van der Waals surface area contributed by atoms with Gasteiger partial charge in [-0.15, -0.1) is 0 Å². The first-order valence-corrected chi connectivity index (χ1v) is 13.6. The lowest BCUT2D eigenvalue weighted by Gasteiger charge is -2.46. The molecular weight excluding hydrogens is 408 g/mol. The number of hydrogen-bond donors (Lipinski definition) is 2. The van der Waals surface area contributed by atoms with Crippen LogP contribution in [0, 0.1) is 17.8 Å². The van der Waals surface area contributed by atoms with E-state index in [9.17, 15) is 4.79 Å². The molecule has 5 heteroatoms. The summed E-state index contributed by atoms with van der Waals surface area (Å²) in [6.07, 6.45) is 7.85. The van der Waals surface area contributed by atoms with Gasteiger partial charge in [0.05, 0.1) is 0 Å². The van der Waals surface area contributed by atoms with Gasteiger partial charge in [0.1, 0.15) is 0 Å². The van der Waals surface area contributed by atoms with Gasteiger partial charge >= 0.3 is 0 Å². The van der Waals surface area contributed by atoms with Crippen LogP contribution in [0.3, 0.4) is 0 Å². The van der Waals surface area contributed by atoms with Crippen molar-refractivity contribution in [1.82, 2.24) is 20.4 Å². The average Bonchev–Trinajstić information content (AvgIpc) is 2.81. The van der Waals surface area contributed by atoms with E-state index in [1.54, 1.807) is 0 Å². The number of hydrogen-bond acceptors (Lipinski definition) is 4. The fraction of sp³-hybridized carbons (Fsp3) is 0.750. The molecular formula is C28H46N4O. The average molecular weight is 455 g/mol. The molecule has 0 saturated carbocycles. The minimum absolute atomic E-state index is 0.248. The first-order chi connectivity index (χ1) is 16.1. The third-order valence-corrected chi connectivity index (χ3v) is 8.31. The molecule has 33 heavy (non-hydrogen) atoms. The highest BCUT2D eigenvalue weighted by Crippen LogP contribution is 2.31. The summed E-state index contributed by atoms with van der Waals surface area (Å²) >= 11 is 0. The normalized spacial score (nSPS) is 27.1. The quantitative estimate of drug-likeness (QED) is 0.563. The minimum Gasteiger partial charge on any atom is -0.356 e. The van der Waals surface area contributed by atoms with Crippen LogP contribution in [0.2, 0.25) is 0 Å². The number of rotatable bonds is 10. The summed E-state index contributed by atoms with van der Waals surface area (Å²) in [6, 6.07) is 12.1. The molecule has 1 amide bonds. The van der Waals surface area contributed by atoms with E-state index in [0.717, 1.165) is 56.7 Å². The Labute approximate surface area is 201 Å². The van der Waals surface area contributed by atoms with Crippen molar-refractivity contribution in [3.63, 3.8) is 0 Å². The van der Waals surface area contributed by atoms with Crippen LogP contribution in [0.1, 0.15) is 64.4 Å². The molecule has 3 atom stereocenters. The van der Waals surface area contributed by atoms with Crippen LogP contribution in [-0.2, 0) is 11.3 Å². The van der Waals surface area contributed by atoms with Gasteiger partial charge in [-0.25, -0.2) is 0 Å². The van der Waals surface area contributed by atoms with Crippen LogP contribution in [0.5, 0.6) is 0 Å². The second-order valence-electron chi connectivity index (χ2n) is 11.2. The Morgan fingerprint density at radius 2 is 1.91 bits per heavy atom. The highest BCUT2D eigenvalue weighted by molar-refractivity contribution is 5.75. The fourth-order valence-corrected chi connectivity index (χ4v) is 6.33. The van der Waals surface area contributed by atoms with Crippen LogP contribution in [0.25, 0.3) is 0 Å². The van der Waals surface area contributed by atoms with Crippen molar-refractivity contribution in [2.45, 2.75) is 77.4 Å². The van der Waals surface area contributed by atoms with Crippen molar-refractivity contribution in [1.29, 1.82) is 0 Å². The second-order valence-corrected chi connectivity index (χ2v) is 11.2. The molecule has 3 saturated heterocycles. The summed E-state index contributed by atoms with van der Waals surface area (Å²) in [5.41, 5.74) is 1.42. The fourth-order valence-electron chi connectivity index (χ4n) is 6.33. The molecule has 4 rings (SSSR count). The van der Waals surface area contributed by atoms with Gasteiger partial charge in [0.25, 0.3) is 0 Å². The molecule has 184 valence electrons. The molecule has 2 unspecified atom stereocenters. The van der Waals surface area contributed by atoms with Gasteiger partial charge in [0.2, 0.25) is 5.91 Å². The molecule has 5 nitrogen and oxygen atoms in total. The van der Waals surface area contributed by atoms with Crippen LogP contribution >= 0.6 is 0 Å². The number of carbonyl (C=O) groups is 1. The zero-order valence-corrected chi connectivity index (χ0v) is 21.0. The molecule has 3 fully saturated rings. The maximum atomic E-state index is 12.4. The van der Waals surface area contributed by atoms with E-state index in [4.69, 9.17) is 0 Å². The lowest BCUT2D eigenvalue weighted by Crippen LogP contribution is -2.55. The molecule has 3 heterocycles. The van der Waals surface area contributed by atoms with Gasteiger partial charge in [-0.1, -0.05) is 30.3 Å². The van der Waals surface area contributed by atoms with Crippen molar-refractivity contribution >= 4 is 5.91 Å². The first-order valence-electron chi connectivity index (χ1n) is 13.6. The number of amides is 1. The third-order valence-electron chi connectivity index (χ3n) is 8.31. The van der Waals surface area contributed by atoms with Crippen molar-refractivity contribution in [2.24, 2.45) is 17.8 Å². The van der Waals surface area contributed by atoms with Gasteiger partial charge < -0.3 is 15.5 Å². The lowest BCUT2D eigenvalue weighted by molar-refractivity contribution is -0.121. The summed E-state index contributed by atoms with van der Waals surface area (Å²) < 4.78 is 0. The number of carbonyl (C=O) groups excluding carboxylic acids is 1. The zero-order chi connectivity index (χ0) is 23.0. The van der Waals surface area contributed by atoms with E-state index in [-0.39, 0.29) is 5.91 Å². The smallest absolute Gasteiger partial charge is 0.219 e. The monoisotopic (exact) mass is 454 g/mol. The third kappa shape index (κ3) is 7.53. The van der Waals surface area contributed by atoms with E-state index in [1.165, 1.54) is 51.0 Å². The number of nitrogens with zero attached hydrogens (tertiary/aromatic N) is 2. The Morgan fingerprint density at radius 3 is 2.67 bits per heavy atom. The van der Waals surface area contributed by atoms with Gasteiger partial charge in [0, 0.05) is 44.7 Å². The van der Waals surface area contributed by atoms with E-state index < -0.39 is 0 Å². The van der Waals surface area contributed by atoms with Gasteiger partial charge in [-0.2, -0.15) is 0 Å². The summed E-state index contributed by atoms with van der Waals surface area (Å²) in [5.74, 6) is 2.53. The van der Waals surface area contributed by atoms with E-state index >= 15 is 0 Å². The number of likely N-dealkylation sites (tertiary alicyclic amines) is 2. The second kappa shape index (κ2) is 12.3. The summed E-state index contributed by atoms with van der Waals surface area (Å²) in [6.45, 7) is 12.5. The predicted molar refractivity (Wildman–Crippen MR) is 136 cm³/mol. The Hall–Kier alpha value is -1.43. The van der Waals surface area contributed by atoms with Crippen molar-refractivity contribution in [3.8, 4) is 0 Å². The molecule has 2 bridgehead atoms. The standard InChI is InChI=1S/C28H46N4O/c1-22(2)32-15-12-23(13-16-32)11-14-29-28(33)10-6-9-27-26-17-25(18-30-27)20-31(21-26)19-24-7-4-3-5-8-24/h3-5,7-8,22-23,25-27,30H,6,9-21H2,1-2H3,(H,29,33)/t25?,26?,27-/m1/s1. The highest BCUT2D eigenvalue weighted by atomic mass is 16.1. The first kappa shape index (κ1) is 24.7. The molecule has 2 N–H and O–H groups in total. The molecule has 3 aliphatic rings. The molecule has 1 aromatic rings. The van der Waals surface area contributed by atoms with Gasteiger partial charge in [0.15, 0.2) is 0 Å². The summed E-state index contributed by atoms with van der Waals surface area (Å²) in [5, 5.41) is 7.01. The Morgan fingerprint density at radius 1 is 1.12 bits per heavy atom. The van der Waals surface area contributed by atoms with Crippen LogP contribution in [0.4, 0.5) is 0 Å². The zero-order valence-electron chi connectivity index (χ0n) is 21.0. The summed E-state index contributed by atoms with van der Waals surface area (Å²) in [7, 11) is 0. The largest absolute Gasteiger partial charge is 0.356 e. The number of benzene rings is 1. The van der Waals surface area contributed by atoms with Gasteiger partial charge in [-0.3, -0.25) is 9.69 Å².